The van der Waals surface area contributed by atoms with Crippen molar-refractivity contribution in [2.24, 2.45) is 0 Å². The van der Waals surface area contributed by atoms with E-state index in [1.54, 1.807) is 32.4 Å². The second-order valence-electron chi connectivity index (χ2n) is 5.73. The Morgan fingerprint density at radius 1 is 1.04 bits per heavy atom. The van der Waals surface area contributed by atoms with Gasteiger partial charge in [-0.3, -0.25) is 4.79 Å². The number of hydrogen-bond donors (Lipinski definition) is 1. The van der Waals surface area contributed by atoms with Crippen LogP contribution in [0.15, 0.2) is 30.3 Å². The van der Waals surface area contributed by atoms with Gasteiger partial charge in [0.2, 0.25) is 5.91 Å². The van der Waals surface area contributed by atoms with E-state index in [4.69, 9.17) is 18.9 Å². The van der Waals surface area contributed by atoms with Crippen LogP contribution in [-0.2, 0) is 11.2 Å². The number of carbonyl (C=O) groups excluding carboxylic acids is 1. The van der Waals surface area contributed by atoms with Crippen LogP contribution in [0.2, 0.25) is 0 Å². The van der Waals surface area contributed by atoms with Gasteiger partial charge in [0, 0.05) is 11.8 Å². The molecule has 0 fully saturated rings. The molecule has 1 amide bonds. The first-order valence-electron chi connectivity index (χ1n) is 8.01. The molecule has 6 heteroatoms. The molecule has 0 saturated heterocycles. The molecule has 1 aliphatic rings. The largest absolute Gasteiger partial charge is 0.493 e. The normalized spacial score (nSPS) is 12.4. The molecule has 132 valence electrons. The highest BCUT2D eigenvalue weighted by atomic mass is 16.6. The molecule has 2 aromatic rings. The SMILES string of the molecule is COc1ccc(CC(=O)Nc2cc3c(cc2C)OCCO3)cc1OC. The summed E-state index contributed by atoms with van der Waals surface area (Å²) in [6.07, 6.45) is 0.230. The van der Waals surface area contributed by atoms with Crippen molar-refractivity contribution in [3.63, 3.8) is 0 Å². The van der Waals surface area contributed by atoms with Gasteiger partial charge in [-0.15, -0.1) is 0 Å². The van der Waals surface area contributed by atoms with Gasteiger partial charge in [-0.2, -0.15) is 0 Å². The number of ether oxygens (including phenoxy) is 4. The van der Waals surface area contributed by atoms with Crippen LogP contribution in [0.1, 0.15) is 11.1 Å². The number of hydrogen-bond acceptors (Lipinski definition) is 5. The van der Waals surface area contributed by atoms with Crippen molar-refractivity contribution >= 4 is 11.6 Å². The first kappa shape index (κ1) is 17.0. The Bertz CT molecular complexity index is 788. The van der Waals surface area contributed by atoms with Crippen LogP contribution in [0.3, 0.4) is 0 Å². The first-order valence-corrected chi connectivity index (χ1v) is 8.01. The number of methoxy groups -OCH3 is 2. The van der Waals surface area contributed by atoms with E-state index in [9.17, 15) is 4.79 Å². The average molecular weight is 343 g/mol. The Balaban J connectivity index is 1.72. The maximum absolute atomic E-state index is 12.4. The minimum Gasteiger partial charge on any atom is -0.493 e. The third-order valence-corrected chi connectivity index (χ3v) is 3.98. The Hall–Kier alpha value is -2.89. The first-order chi connectivity index (χ1) is 12.1. The summed E-state index contributed by atoms with van der Waals surface area (Å²) in [5, 5.41) is 2.93. The molecule has 1 aliphatic heterocycles. The summed E-state index contributed by atoms with van der Waals surface area (Å²) in [5.41, 5.74) is 2.48. The molecule has 0 aliphatic carbocycles. The molecule has 3 rings (SSSR count). The standard InChI is InChI=1S/C19H21NO5/c1-12-8-17-18(25-7-6-24-17)11-14(12)20-19(21)10-13-4-5-15(22-2)16(9-13)23-3/h4-5,8-9,11H,6-7,10H2,1-3H3,(H,20,21). The Labute approximate surface area is 146 Å². The van der Waals surface area contributed by atoms with Crippen molar-refractivity contribution in [1.29, 1.82) is 0 Å². The van der Waals surface area contributed by atoms with E-state index < -0.39 is 0 Å². The lowest BCUT2D eigenvalue weighted by atomic mass is 10.1. The second-order valence-corrected chi connectivity index (χ2v) is 5.73. The fraction of sp³-hybridized carbons (Fsp3) is 0.316. The van der Waals surface area contributed by atoms with Crippen molar-refractivity contribution in [3.8, 4) is 23.0 Å². The van der Waals surface area contributed by atoms with E-state index in [0.717, 1.165) is 16.8 Å². The molecule has 0 atom stereocenters. The molecule has 0 spiro atoms. The minimum atomic E-state index is -0.119. The second kappa shape index (κ2) is 7.34. The molecule has 6 nitrogen and oxygen atoms in total. The van der Waals surface area contributed by atoms with E-state index in [0.29, 0.717) is 36.2 Å². The zero-order valence-corrected chi connectivity index (χ0v) is 14.5. The molecule has 2 aromatic carbocycles. The average Bonchev–Trinajstić information content (AvgIpc) is 2.62. The van der Waals surface area contributed by atoms with Crippen LogP contribution in [-0.4, -0.2) is 33.3 Å². The smallest absolute Gasteiger partial charge is 0.228 e. The molecule has 0 unspecified atom stereocenters. The molecular formula is C19H21NO5. The Kier molecular flexibility index (Phi) is 4.97. The van der Waals surface area contributed by atoms with Gasteiger partial charge >= 0.3 is 0 Å². The molecule has 0 bridgehead atoms. The van der Waals surface area contributed by atoms with Gasteiger partial charge in [0.25, 0.3) is 0 Å². The molecule has 0 aromatic heterocycles. The van der Waals surface area contributed by atoms with Crippen LogP contribution in [0.4, 0.5) is 5.69 Å². The molecule has 25 heavy (non-hydrogen) atoms. The van der Waals surface area contributed by atoms with Crippen LogP contribution in [0.25, 0.3) is 0 Å². The summed E-state index contributed by atoms with van der Waals surface area (Å²) in [4.78, 5) is 12.4. The lowest BCUT2D eigenvalue weighted by Crippen LogP contribution is -2.18. The van der Waals surface area contributed by atoms with E-state index >= 15 is 0 Å². The predicted molar refractivity (Wildman–Crippen MR) is 94.0 cm³/mol. The molecule has 1 heterocycles. The number of benzene rings is 2. The summed E-state index contributed by atoms with van der Waals surface area (Å²) in [5.74, 6) is 2.48. The van der Waals surface area contributed by atoms with Crippen LogP contribution >= 0.6 is 0 Å². The van der Waals surface area contributed by atoms with Gasteiger partial charge in [-0.05, 0) is 36.2 Å². The highest BCUT2D eigenvalue weighted by Gasteiger charge is 2.16. The molecule has 1 N–H and O–H groups in total. The number of fused-ring (bicyclic) bond motifs is 1. The number of rotatable bonds is 5. The van der Waals surface area contributed by atoms with E-state index in [1.807, 2.05) is 19.1 Å². The molecular weight excluding hydrogens is 322 g/mol. The predicted octanol–water partition coefficient (Wildman–Crippen LogP) is 2.96. The van der Waals surface area contributed by atoms with E-state index in [2.05, 4.69) is 5.32 Å². The number of nitrogens with one attached hydrogen (secondary N) is 1. The van der Waals surface area contributed by atoms with Crippen LogP contribution < -0.4 is 24.3 Å². The summed E-state index contributed by atoms with van der Waals surface area (Å²) < 4.78 is 21.6. The zero-order valence-electron chi connectivity index (χ0n) is 14.5. The number of amides is 1. The maximum atomic E-state index is 12.4. The summed E-state index contributed by atoms with van der Waals surface area (Å²) >= 11 is 0. The minimum absolute atomic E-state index is 0.119. The quantitative estimate of drug-likeness (QED) is 0.904. The molecule has 0 radical (unpaired) electrons. The van der Waals surface area contributed by atoms with Crippen molar-refractivity contribution in [2.45, 2.75) is 13.3 Å². The van der Waals surface area contributed by atoms with Crippen LogP contribution in [0, 0.1) is 6.92 Å². The summed E-state index contributed by atoms with van der Waals surface area (Å²) in [6, 6.07) is 9.11. The fourth-order valence-electron chi connectivity index (χ4n) is 2.70. The number of aryl methyl sites for hydroxylation is 1. The van der Waals surface area contributed by atoms with Crippen molar-refractivity contribution < 1.29 is 23.7 Å². The lowest BCUT2D eigenvalue weighted by Gasteiger charge is -2.20. The van der Waals surface area contributed by atoms with Crippen molar-refractivity contribution in [2.75, 3.05) is 32.8 Å². The Morgan fingerprint density at radius 2 is 1.72 bits per heavy atom. The number of anilines is 1. The lowest BCUT2D eigenvalue weighted by molar-refractivity contribution is -0.115. The van der Waals surface area contributed by atoms with Gasteiger partial charge in [-0.25, -0.2) is 0 Å². The van der Waals surface area contributed by atoms with Crippen LogP contribution in [0.5, 0.6) is 23.0 Å². The zero-order chi connectivity index (χ0) is 17.8. The van der Waals surface area contributed by atoms with Gasteiger partial charge in [0.15, 0.2) is 23.0 Å². The van der Waals surface area contributed by atoms with Gasteiger partial charge in [0.1, 0.15) is 13.2 Å². The Morgan fingerprint density at radius 3 is 2.40 bits per heavy atom. The highest BCUT2D eigenvalue weighted by Crippen LogP contribution is 2.35. The fourth-order valence-corrected chi connectivity index (χ4v) is 2.70. The van der Waals surface area contributed by atoms with Crippen molar-refractivity contribution in [3.05, 3.63) is 41.5 Å². The topological polar surface area (TPSA) is 66.0 Å². The monoisotopic (exact) mass is 343 g/mol. The van der Waals surface area contributed by atoms with Gasteiger partial charge < -0.3 is 24.3 Å². The van der Waals surface area contributed by atoms with Gasteiger partial charge in [-0.1, -0.05) is 6.07 Å². The summed E-state index contributed by atoms with van der Waals surface area (Å²) in [6.45, 7) is 2.97. The maximum Gasteiger partial charge on any atom is 0.228 e. The van der Waals surface area contributed by atoms with Crippen molar-refractivity contribution in [1.82, 2.24) is 0 Å². The van der Waals surface area contributed by atoms with E-state index in [-0.39, 0.29) is 12.3 Å². The van der Waals surface area contributed by atoms with Gasteiger partial charge in [0.05, 0.1) is 20.6 Å². The third-order valence-electron chi connectivity index (χ3n) is 3.98. The third kappa shape index (κ3) is 3.79. The highest BCUT2D eigenvalue weighted by molar-refractivity contribution is 5.93. The van der Waals surface area contributed by atoms with E-state index in [1.165, 1.54) is 0 Å². The number of carbonyl (C=O) groups is 1. The summed E-state index contributed by atoms with van der Waals surface area (Å²) in [7, 11) is 3.15. The molecule has 0 saturated carbocycles.